The van der Waals surface area contributed by atoms with Gasteiger partial charge in [0.25, 0.3) is 0 Å². The van der Waals surface area contributed by atoms with Gasteiger partial charge in [-0.05, 0) is 36.6 Å². The molecule has 0 amide bonds. The van der Waals surface area contributed by atoms with E-state index in [9.17, 15) is 4.39 Å². The van der Waals surface area contributed by atoms with Crippen molar-refractivity contribution in [3.8, 4) is 0 Å². The van der Waals surface area contributed by atoms with Gasteiger partial charge in [0.2, 0.25) is 0 Å². The quantitative estimate of drug-likeness (QED) is 0.341. The topological polar surface area (TPSA) is 58.8 Å². The molecule has 1 atom stereocenters. The van der Waals surface area contributed by atoms with E-state index in [0.29, 0.717) is 24.4 Å². The van der Waals surface area contributed by atoms with Gasteiger partial charge in [0.15, 0.2) is 5.96 Å². The number of benzene rings is 1. The van der Waals surface area contributed by atoms with Crippen molar-refractivity contribution < 1.29 is 13.5 Å². The van der Waals surface area contributed by atoms with E-state index >= 15 is 0 Å². The standard InChI is InChI=1S/C20H26FN3O2.HI/c21-19-6-2-1-4-17(19)7-10-22-20(24-14-16-9-13-25-15-16)23-11-8-18-5-3-12-26-18;/h1-6,12,16H,7-11,13-15H2,(H2,22,23,24);1H. The van der Waals surface area contributed by atoms with Crippen LogP contribution in [0.25, 0.3) is 0 Å². The molecular formula is C20H27FIN3O2. The highest BCUT2D eigenvalue weighted by Crippen LogP contribution is 2.12. The minimum absolute atomic E-state index is 0. The first-order valence-electron chi connectivity index (χ1n) is 9.17. The maximum absolute atomic E-state index is 13.7. The molecule has 148 valence electrons. The molecule has 0 saturated carbocycles. The lowest BCUT2D eigenvalue weighted by Gasteiger charge is -2.13. The van der Waals surface area contributed by atoms with Gasteiger partial charge in [-0.1, -0.05) is 18.2 Å². The van der Waals surface area contributed by atoms with Crippen molar-refractivity contribution in [2.75, 3.05) is 32.8 Å². The summed E-state index contributed by atoms with van der Waals surface area (Å²) < 4.78 is 24.5. The molecule has 27 heavy (non-hydrogen) atoms. The molecule has 1 fully saturated rings. The van der Waals surface area contributed by atoms with Gasteiger partial charge in [0, 0.05) is 38.6 Å². The number of halogens is 2. The Hall–Kier alpha value is -1.61. The summed E-state index contributed by atoms with van der Waals surface area (Å²) in [5.74, 6) is 2.00. The smallest absolute Gasteiger partial charge is 0.191 e. The van der Waals surface area contributed by atoms with Crippen molar-refractivity contribution in [2.45, 2.75) is 19.3 Å². The normalized spacial score (nSPS) is 16.8. The lowest BCUT2D eigenvalue weighted by molar-refractivity contribution is 0.187. The average molecular weight is 487 g/mol. The molecule has 1 aliphatic rings. The first kappa shape index (κ1) is 21.7. The third kappa shape index (κ3) is 7.50. The molecular weight excluding hydrogens is 460 g/mol. The Bertz CT molecular complexity index is 688. The van der Waals surface area contributed by atoms with E-state index in [2.05, 4.69) is 15.6 Å². The van der Waals surface area contributed by atoms with E-state index in [0.717, 1.165) is 50.9 Å². The van der Waals surface area contributed by atoms with Crippen LogP contribution in [0, 0.1) is 11.7 Å². The second-order valence-electron chi connectivity index (χ2n) is 6.44. The lowest BCUT2D eigenvalue weighted by atomic mass is 10.1. The molecule has 1 aromatic heterocycles. The van der Waals surface area contributed by atoms with E-state index < -0.39 is 0 Å². The van der Waals surface area contributed by atoms with Gasteiger partial charge in [-0.25, -0.2) is 4.39 Å². The highest BCUT2D eigenvalue weighted by molar-refractivity contribution is 14.0. The summed E-state index contributed by atoms with van der Waals surface area (Å²) in [4.78, 5) is 4.67. The molecule has 2 N–H and O–H groups in total. The Balaban J connectivity index is 0.00000261. The number of nitrogens with zero attached hydrogens (tertiary/aromatic N) is 1. The van der Waals surface area contributed by atoms with Crippen LogP contribution in [0.4, 0.5) is 4.39 Å². The lowest BCUT2D eigenvalue weighted by Crippen LogP contribution is -2.40. The summed E-state index contributed by atoms with van der Waals surface area (Å²) in [6, 6.07) is 10.7. The summed E-state index contributed by atoms with van der Waals surface area (Å²) in [6.45, 7) is 3.67. The van der Waals surface area contributed by atoms with Crippen LogP contribution >= 0.6 is 24.0 Å². The van der Waals surface area contributed by atoms with Gasteiger partial charge in [-0.2, -0.15) is 0 Å². The molecule has 1 unspecified atom stereocenters. The van der Waals surface area contributed by atoms with Crippen molar-refractivity contribution in [3.63, 3.8) is 0 Å². The van der Waals surface area contributed by atoms with Crippen molar-refractivity contribution in [1.29, 1.82) is 0 Å². The van der Waals surface area contributed by atoms with Gasteiger partial charge in [-0.3, -0.25) is 4.99 Å². The van der Waals surface area contributed by atoms with Crippen LogP contribution in [0.3, 0.4) is 0 Å². The molecule has 5 nitrogen and oxygen atoms in total. The van der Waals surface area contributed by atoms with Crippen LogP contribution in [0.1, 0.15) is 17.7 Å². The van der Waals surface area contributed by atoms with E-state index in [1.54, 1.807) is 12.3 Å². The van der Waals surface area contributed by atoms with Crippen LogP contribution in [-0.2, 0) is 17.6 Å². The van der Waals surface area contributed by atoms with Crippen molar-refractivity contribution in [1.82, 2.24) is 10.6 Å². The zero-order valence-electron chi connectivity index (χ0n) is 15.3. The molecule has 0 radical (unpaired) electrons. The number of aliphatic imine (C=N–C) groups is 1. The van der Waals surface area contributed by atoms with Gasteiger partial charge in [0.05, 0.1) is 12.9 Å². The minimum atomic E-state index is -0.165. The summed E-state index contributed by atoms with van der Waals surface area (Å²) in [6.07, 6.45) is 4.13. The summed E-state index contributed by atoms with van der Waals surface area (Å²) in [5.41, 5.74) is 0.708. The number of rotatable bonds is 8. The summed E-state index contributed by atoms with van der Waals surface area (Å²) >= 11 is 0. The zero-order valence-corrected chi connectivity index (χ0v) is 17.7. The van der Waals surface area contributed by atoms with Gasteiger partial charge in [-0.15, -0.1) is 24.0 Å². The first-order valence-corrected chi connectivity index (χ1v) is 9.17. The van der Waals surface area contributed by atoms with Crippen LogP contribution in [0.5, 0.6) is 0 Å². The molecule has 7 heteroatoms. The number of hydrogen-bond acceptors (Lipinski definition) is 3. The van der Waals surface area contributed by atoms with Crippen LogP contribution in [0.2, 0.25) is 0 Å². The maximum atomic E-state index is 13.7. The number of hydrogen-bond donors (Lipinski definition) is 2. The number of nitrogens with one attached hydrogen (secondary N) is 2. The van der Waals surface area contributed by atoms with E-state index in [-0.39, 0.29) is 29.8 Å². The van der Waals surface area contributed by atoms with Crippen LogP contribution in [0.15, 0.2) is 52.1 Å². The van der Waals surface area contributed by atoms with E-state index in [1.807, 2.05) is 24.3 Å². The molecule has 0 aliphatic carbocycles. The highest BCUT2D eigenvalue weighted by Gasteiger charge is 2.15. The molecule has 0 spiro atoms. The third-order valence-corrected chi connectivity index (χ3v) is 4.42. The van der Waals surface area contributed by atoms with E-state index in [1.165, 1.54) is 6.07 Å². The van der Waals surface area contributed by atoms with Crippen LogP contribution in [-0.4, -0.2) is 38.8 Å². The molecule has 1 aromatic carbocycles. The Kier molecular flexibility index (Phi) is 9.61. The second kappa shape index (κ2) is 12.0. The summed E-state index contributed by atoms with van der Waals surface area (Å²) in [5, 5.41) is 6.63. The van der Waals surface area contributed by atoms with Crippen molar-refractivity contribution in [2.24, 2.45) is 10.9 Å². The average Bonchev–Trinajstić information content (AvgIpc) is 3.34. The largest absolute Gasteiger partial charge is 0.469 e. The monoisotopic (exact) mass is 487 g/mol. The second-order valence-corrected chi connectivity index (χ2v) is 6.44. The van der Waals surface area contributed by atoms with Gasteiger partial charge < -0.3 is 19.8 Å². The minimum Gasteiger partial charge on any atom is -0.469 e. The predicted molar refractivity (Wildman–Crippen MR) is 115 cm³/mol. The SMILES string of the molecule is Fc1ccccc1CCNC(=NCC1CCOC1)NCCc1ccco1.I. The first-order chi connectivity index (χ1) is 12.8. The molecule has 0 bridgehead atoms. The van der Waals surface area contributed by atoms with Crippen molar-refractivity contribution >= 4 is 29.9 Å². The summed E-state index contributed by atoms with van der Waals surface area (Å²) in [7, 11) is 0. The van der Waals surface area contributed by atoms with E-state index in [4.69, 9.17) is 9.15 Å². The Labute approximate surface area is 176 Å². The fourth-order valence-corrected chi connectivity index (χ4v) is 2.90. The Morgan fingerprint density at radius 1 is 1.11 bits per heavy atom. The number of ether oxygens (including phenoxy) is 1. The molecule has 1 saturated heterocycles. The predicted octanol–water partition coefficient (Wildman–Crippen LogP) is 3.39. The Morgan fingerprint density at radius 3 is 2.63 bits per heavy atom. The Morgan fingerprint density at radius 2 is 1.93 bits per heavy atom. The van der Waals surface area contributed by atoms with Gasteiger partial charge >= 0.3 is 0 Å². The van der Waals surface area contributed by atoms with Gasteiger partial charge in [0.1, 0.15) is 11.6 Å². The van der Waals surface area contributed by atoms with Crippen LogP contribution < -0.4 is 10.6 Å². The maximum Gasteiger partial charge on any atom is 0.191 e. The fraction of sp³-hybridized carbons (Fsp3) is 0.450. The number of furan rings is 1. The molecule has 2 heterocycles. The van der Waals surface area contributed by atoms with Crippen molar-refractivity contribution in [3.05, 3.63) is 59.8 Å². The highest BCUT2D eigenvalue weighted by atomic mass is 127. The molecule has 1 aliphatic heterocycles. The zero-order chi connectivity index (χ0) is 18.0. The number of guanidine groups is 1. The molecule has 2 aromatic rings. The third-order valence-electron chi connectivity index (χ3n) is 4.42. The fourth-order valence-electron chi connectivity index (χ4n) is 2.90. The molecule has 3 rings (SSSR count).